The lowest BCUT2D eigenvalue weighted by Gasteiger charge is -2.29. The monoisotopic (exact) mass is 298 g/mol. The number of hydrogen-bond acceptors (Lipinski definition) is 4. The number of benzene rings is 1. The number of rotatable bonds is 6. The van der Waals surface area contributed by atoms with Gasteiger partial charge in [0.15, 0.2) is 0 Å². The van der Waals surface area contributed by atoms with Gasteiger partial charge in [-0.15, -0.1) is 0 Å². The van der Waals surface area contributed by atoms with Crippen molar-refractivity contribution in [2.24, 2.45) is 0 Å². The maximum absolute atomic E-state index is 12.7. The second-order valence-electron chi connectivity index (χ2n) is 5.06. The molecule has 1 aliphatic heterocycles. The summed E-state index contributed by atoms with van der Waals surface area (Å²) in [6.07, 6.45) is 1.56. The molecule has 1 atom stereocenters. The minimum atomic E-state index is -3.37. The van der Waals surface area contributed by atoms with Gasteiger partial charge in [-0.05, 0) is 24.9 Å². The van der Waals surface area contributed by atoms with Crippen LogP contribution in [0.4, 0.5) is 0 Å². The van der Waals surface area contributed by atoms with Crippen LogP contribution in [-0.2, 0) is 16.6 Å². The van der Waals surface area contributed by atoms with E-state index in [-0.39, 0.29) is 18.4 Å². The molecule has 0 bridgehead atoms. The second-order valence-corrected chi connectivity index (χ2v) is 7.27. The number of nitrogens with one attached hydrogen (secondary N) is 1. The molecule has 1 heterocycles. The first kappa shape index (κ1) is 15.4. The van der Waals surface area contributed by atoms with Crippen LogP contribution in [-0.4, -0.2) is 49.3 Å². The summed E-state index contributed by atoms with van der Waals surface area (Å²) in [5.74, 6) is 0. The Morgan fingerprint density at radius 3 is 2.65 bits per heavy atom. The highest BCUT2D eigenvalue weighted by Gasteiger charge is 2.32. The summed E-state index contributed by atoms with van der Waals surface area (Å²) in [6.45, 7) is 1.68. The van der Waals surface area contributed by atoms with Crippen molar-refractivity contribution < 1.29 is 13.5 Å². The second kappa shape index (κ2) is 7.17. The van der Waals surface area contributed by atoms with E-state index in [0.717, 1.165) is 18.5 Å². The Kier molecular flexibility index (Phi) is 5.54. The highest BCUT2D eigenvalue weighted by atomic mass is 32.2. The van der Waals surface area contributed by atoms with Gasteiger partial charge in [0.25, 0.3) is 0 Å². The lowest BCUT2D eigenvalue weighted by Crippen LogP contribution is -2.46. The Balaban J connectivity index is 2.14. The third kappa shape index (κ3) is 3.79. The first-order chi connectivity index (χ1) is 9.64. The largest absolute Gasteiger partial charge is 0.395 e. The molecular formula is C14H22N2O3S. The third-order valence-electron chi connectivity index (χ3n) is 3.58. The van der Waals surface area contributed by atoms with Crippen LogP contribution in [0.2, 0.25) is 0 Å². The first-order valence-corrected chi connectivity index (χ1v) is 8.49. The quantitative estimate of drug-likeness (QED) is 0.805. The van der Waals surface area contributed by atoms with Crippen LogP contribution in [0.1, 0.15) is 18.4 Å². The normalized spacial score (nSPS) is 20.2. The van der Waals surface area contributed by atoms with Crippen molar-refractivity contribution in [2.45, 2.75) is 24.6 Å². The van der Waals surface area contributed by atoms with E-state index in [4.69, 9.17) is 5.11 Å². The first-order valence-electron chi connectivity index (χ1n) is 6.99. The molecule has 2 rings (SSSR count). The van der Waals surface area contributed by atoms with Gasteiger partial charge in [-0.1, -0.05) is 30.3 Å². The zero-order chi connectivity index (χ0) is 14.4. The van der Waals surface area contributed by atoms with E-state index < -0.39 is 10.0 Å². The molecule has 0 amide bonds. The fraction of sp³-hybridized carbons (Fsp3) is 0.571. The summed E-state index contributed by atoms with van der Waals surface area (Å²) in [5, 5.41) is 11.9. The lowest BCUT2D eigenvalue weighted by molar-refractivity contribution is 0.249. The van der Waals surface area contributed by atoms with Gasteiger partial charge < -0.3 is 10.4 Å². The van der Waals surface area contributed by atoms with Crippen LogP contribution in [0.3, 0.4) is 0 Å². The zero-order valence-corrected chi connectivity index (χ0v) is 12.3. The number of aliphatic hydroxyl groups is 1. The van der Waals surface area contributed by atoms with Crippen LogP contribution in [0.5, 0.6) is 0 Å². The van der Waals surface area contributed by atoms with Crippen LogP contribution in [0.25, 0.3) is 0 Å². The van der Waals surface area contributed by atoms with Crippen molar-refractivity contribution in [2.75, 3.05) is 26.2 Å². The van der Waals surface area contributed by atoms with E-state index in [1.165, 1.54) is 4.31 Å². The van der Waals surface area contributed by atoms with Crippen molar-refractivity contribution in [3.63, 3.8) is 0 Å². The molecule has 0 saturated carbocycles. The summed E-state index contributed by atoms with van der Waals surface area (Å²) in [4.78, 5) is 0. The lowest BCUT2D eigenvalue weighted by atomic mass is 10.2. The third-order valence-corrected chi connectivity index (χ3v) is 5.86. The summed E-state index contributed by atoms with van der Waals surface area (Å²) < 4.78 is 26.7. The van der Waals surface area contributed by atoms with E-state index in [1.807, 2.05) is 30.3 Å². The molecule has 1 unspecified atom stereocenters. The molecule has 0 radical (unpaired) electrons. The van der Waals surface area contributed by atoms with Crippen molar-refractivity contribution in [3.8, 4) is 0 Å². The fourth-order valence-electron chi connectivity index (χ4n) is 2.48. The van der Waals surface area contributed by atoms with E-state index in [2.05, 4.69) is 5.32 Å². The molecule has 1 aliphatic rings. The molecule has 6 heteroatoms. The maximum atomic E-state index is 12.7. The smallest absolute Gasteiger partial charge is 0.218 e. The maximum Gasteiger partial charge on any atom is 0.218 e. The molecule has 20 heavy (non-hydrogen) atoms. The number of nitrogens with zero attached hydrogens (tertiary/aromatic N) is 1. The molecule has 2 N–H and O–H groups in total. The SMILES string of the molecule is O=S(=O)(C1CCCNC1)N(CCO)Cc1ccccc1. The van der Waals surface area contributed by atoms with Gasteiger partial charge in [-0.3, -0.25) is 0 Å². The molecule has 1 fully saturated rings. The fourth-order valence-corrected chi connectivity index (χ4v) is 4.36. The number of aliphatic hydroxyl groups excluding tert-OH is 1. The van der Waals surface area contributed by atoms with Crippen molar-refractivity contribution in [3.05, 3.63) is 35.9 Å². The summed E-state index contributed by atoms with van der Waals surface area (Å²) in [6, 6.07) is 9.49. The molecule has 5 nitrogen and oxygen atoms in total. The number of piperidine rings is 1. The number of sulfonamides is 1. The molecule has 1 aromatic rings. The highest BCUT2D eigenvalue weighted by Crippen LogP contribution is 2.18. The van der Waals surface area contributed by atoms with Crippen molar-refractivity contribution >= 4 is 10.0 Å². The predicted octanol–water partition coefficient (Wildman–Crippen LogP) is 0.563. The molecular weight excluding hydrogens is 276 g/mol. The molecule has 0 aromatic heterocycles. The average molecular weight is 298 g/mol. The van der Waals surface area contributed by atoms with E-state index in [1.54, 1.807) is 0 Å². The molecule has 0 aliphatic carbocycles. The Bertz CT molecular complexity index is 498. The Hall–Kier alpha value is -0.950. The highest BCUT2D eigenvalue weighted by molar-refractivity contribution is 7.89. The van der Waals surface area contributed by atoms with Crippen molar-refractivity contribution in [1.29, 1.82) is 0 Å². The van der Waals surface area contributed by atoms with E-state index >= 15 is 0 Å². The zero-order valence-electron chi connectivity index (χ0n) is 11.5. The van der Waals surface area contributed by atoms with Gasteiger partial charge in [0, 0.05) is 19.6 Å². The van der Waals surface area contributed by atoms with Gasteiger partial charge in [0.05, 0.1) is 11.9 Å². The van der Waals surface area contributed by atoms with Gasteiger partial charge in [-0.25, -0.2) is 8.42 Å². The molecule has 1 aromatic carbocycles. The summed E-state index contributed by atoms with van der Waals surface area (Å²) in [5.41, 5.74) is 0.938. The minimum absolute atomic E-state index is 0.147. The molecule has 0 spiro atoms. The topological polar surface area (TPSA) is 69.6 Å². The minimum Gasteiger partial charge on any atom is -0.395 e. The van der Waals surface area contributed by atoms with Crippen LogP contribution in [0, 0.1) is 0 Å². The Labute approximate surface area is 120 Å². The van der Waals surface area contributed by atoms with Gasteiger partial charge >= 0.3 is 0 Å². The number of hydrogen-bond donors (Lipinski definition) is 2. The standard InChI is InChI=1S/C14H22N2O3S/c17-10-9-16(12-13-5-2-1-3-6-13)20(18,19)14-7-4-8-15-11-14/h1-3,5-6,14-15,17H,4,7-12H2. The molecule has 1 saturated heterocycles. The van der Waals surface area contributed by atoms with Gasteiger partial charge in [-0.2, -0.15) is 4.31 Å². The predicted molar refractivity (Wildman–Crippen MR) is 78.7 cm³/mol. The Morgan fingerprint density at radius 2 is 2.05 bits per heavy atom. The van der Waals surface area contributed by atoms with Crippen molar-refractivity contribution in [1.82, 2.24) is 9.62 Å². The Morgan fingerprint density at radius 1 is 1.30 bits per heavy atom. The van der Waals surface area contributed by atoms with Gasteiger partial charge in [0.2, 0.25) is 10.0 Å². The average Bonchev–Trinajstić information content (AvgIpc) is 2.49. The van der Waals surface area contributed by atoms with Gasteiger partial charge in [0.1, 0.15) is 0 Å². The van der Waals surface area contributed by atoms with Crippen LogP contribution >= 0.6 is 0 Å². The molecule has 112 valence electrons. The summed E-state index contributed by atoms with van der Waals surface area (Å²) >= 11 is 0. The van der Waals surface area contributed by atoms with E-state index in [9.17, 15) is 8.42 Å². The summed E-state index contributed by atoms with van der Waals surface area (Å²) in [7, 11) is -3.37. The van der Waals surface area contributed by atoms with Crippen LogP contribution in [0.15, 0.2) is 30.3 Å². The van der Waals surface area contributed by atoms with Crippen LogP contribution < -0.4 is 5.32 Å². The van der Waals surface area contributed by atoms with E-state index in [0.29, 0.717) is 19.5 Å².